The molecule has 144 valence electrons. The van der Waals surface area contributed by atoms with E-state index >= 15 is 0 Å². The van der Waals surface area contributed by atoms with Crippen molar-refractivity contribution in [2.75, 3.05) is 0 Å². The van der Waals surface area contributed by atoms with Crippen molar-refractivity contribution in [2.45, 2.75) is 19.1 Å². The van der Waals surface area contributed by atoms with Crippen LogP contribution in [0.4, 0.5) is 4.39 Å². The van der Waals surface area contributed by atoms with E-state index in [0.717, 1.165) is 5.56 Å². The number of furan rings is 1. The average Bonchev–Trinajstić information content (AvgIpc) is 3.22. The quantitative estimate of drug-likeness (QED) is 0.604. The second-order valence-electron chi connectivity index (χ2n) is 6.00. The van der Waals surface area contributed by atoms with Crippen LogP contribution in [0.2, 0.25) is 5.02 Å². The molecule has 0 bridgehead atoms. The van der Waals surface area contributed by atoms with Crippen LogP contribution in [0.15, 0.2) is 71.3 Å². The van der Waals surface area contributed by atoms with Crippen molar-refractivity contribution >= 4 is 23.5 Å². The zero-order chi connectivity index (χ0) is 19.9. The second kappa shape index (κ2) is 9.19. The third-order valence-corrected chi connectivity index (χ3v) is 4.39. The summed E-state index contributed by atoms with van der Waals surface area (Å²) in [5, 5.41) is 2.76. The predicted molar refractivity (Wildman–Crippen MR) is 101 cm³/mol. The van der Waals surface area contributed by atoms with Gasteiger partial charge in [-0.05, 0) is 29.8 Å². The van der Waals surface area contributed by atoms with Crippen LogP contribution in [0.25, 0.3) is 0 Å². The number of benzene rings is 2. The number of amides is 1. The molecule has 1 N–H and O–H groups in total. The van der Waals surface area contributed by atoms with Crippen molar-refractivity contribution in [1.29, 1.82) is 0 Å². The number of hydrogen-bond acceptors (Lipinski definition) is 4. The molecule has 0 saturated heterocycles. The molecule has 0 saturated carbocycles. The Kier molecular flexibility index (Phi) is 6.45. The van der Waals surface area contributed by atoms with Gasteiger partial charge in [-0.1, -0.05) is 48.0 Å². The van der Waals surface area contributed by atoms with E-state index in [0.29, 0.717) is 0 Å². The summed E-state index contributed by atoms with van der Waals surface area (Å²) >= 11 is 5.96. The molecule has 28 heavy (non-hydrogen) atoms. The molecule has 2 aromatic carbocycles. The van der Waals surface area contributed by atoms with Crippen LogP contribution in [0.3, 0.4) is 0 Å². The van der Waals surface area contributed by atoms with Crippen LogP contribution < -0.4 is 5.32 Å². The Morgan fingerprint density at radius 1 is 1.07 bits per heavy atom. The van der Waals surface area contributed by atoms with E-state index in [2.05, 4.69) is 5.32 Å². The molecule has 3 aromatic rings. The normalized spacial score (nSPS) is 11.6. The third-order valence-electron chi connectivity index (χ3n) is 4.04. The molecule has 0 aliphatic heterocycles. The Morgan fingerprint density at radius 2 is 1.86 bits per heavy atom. The van der Waals surface area contributed by atoms with Crippen molar-refractivity contribution in [3.8, 4) is 0 Å². The van der Waals surface area contributed by atoms with E-state index < -0.39 is 23.7 Å². The summed E-state index contributed by atoms with van der Waals surface area (Å²) in [5.74, 6) is -1.75. The summed E-state index contributed by atoms with van der Waals surface area (Å²) in [5.41, 5.74) is 0.904. The highest BCUT2D eigenvalue weighted by Crippen LogP contribution is 2.20. The molecule has 1 amide bonds. The van der Waals surface area contributed by atoms with Gasteiger partial charge in [0.25, 0.3) is 5.91 Å². The number of esters is 1. The first-order chi connectivity index (χ1) is 13.5. The number of carbonyl (C=O) groups is 2. The van der Waals surface area contributed by atoms with Gasteiger partial charge in [0.1, 0.15) is 18.5 Å². The van der Waals surface area contributed by atoms with Crippen molar-refractivity contribution in [1.82, 2.24) is 5.32 Å². The van der Waals surface area contributed by atoms with E-state index in [-0.39, 0.29) is 29.4 Å². The minimum Gasteiger partial charge on any atom is -0.459 e. The third kappa shape index (κ3) is 4.98. The van der Waals surface area contributed by atoms with Crippen molar-refractivity contribution < 1.29 is 23.1 Å². The summed E-state index contributed by atoms with van der Waals surface area (Å²) in [6.45, 7) is -0.341. The lowest BCUT2D eigenvalue weighted by Gasteiger charge is -2.18. The van der Waals surface area contributed by atoms with Gasteiger partial charge in [-0.3, -0.25) is 4.79 Å². The largest absolute Gasteiger partial charge is 0.459 e. The Morgan fingerprint density at radius 3 is 2.54 bits per heavy atom. The SMILES string of the molecule is O=C(N[C@@H](Cc1ccccc1)C(=O)OCc1c(F)cccc1Cl)c1ccco1. The Balaban J connectivity index is 1.73. The zero-order valence-electron chi connectivity index (χ0n) is 14.7. The summed E-state index contributed by atoms with van der Waals surface area (Å²) in [6.07, 6.45) is 1.57. The molecule has 1 atom stereocenters. The highest BCUT2D eigenvalue weighted by atomic mass is 35.5. The van der Waals surface area contributed by atoms with E-state index in [1.54, 1.807) is 6.07 Å². The van der Waals surface area contributed by atoms with E-state index in [9.17, 15) is 14.0 Å². The number of nitrogens with one attached hydrogen (secondary N) is 1. The maximum absolute atomic E-state index is 13.9. The van der Waals surface area contributed by atoms with Gasteiger partial charge in [0.05, 0.1) is 11.3 Å². The van der Waals surface area contributed by atoms with Gasteiger partial charge in [0, 0.05) is 12.0 Å². The molecular weight excluding hydrogens is 385 g/mol. The zero-order valence-corrected chi connectivity index (χ0v) is 15.5. The summed E-state index contributed by atoms with van der Waals surface area (Å²) < 4.78 is 24.2. The molecule has 0 aliphatic rings. The second-order valence-corrected chi connectivity index (χ2v) is 6.41. The van der Waals surface area contributed by atoms with Crippen LogP contribution in [-0.2, 0) is 22.6 Å². The van der Waals surface area contributed by atoms with Gasteiger partial charge in [-0.15, -0.1) is 0 Å². The number of rotatable bonds is 7. The molecule has 1 heterocycles. The van der Waals surface area contributed by atoms with Gasteiger partial charge in [-0.2, -0.15) is 0 Å². The number of carbonyl (C=O) groups excluding carboxylic acids is 2. The van der Waals surface area contributed by atoms with Gasteiger partial charge < -0.3 is 14.5 Å². The van der Waals surface area contributed by atoms with Gasteiger partial charge in [-0.25, -0.2) is 9.18 Å². The van der Waals surface area contributed by atoms with Gasteiger partial charge in [0.2, 0.25) is 0 Å². The van der Waals surface area contributed by atoms with E-state index in [1.165, 1.54) is 30.5 Å². The molecule has 0 unspecified atom stereocenters. The molecule has 7 heteroatoms. The fraction of sp³-hybridized carbons (Fsp3) is 0.143. The molecule has 0 fully saturated rings. The smallest absolute Gasteiger partial charge is 0.329 e. The van der Waals surface area contributed by atoms with Crippen LogP contribution in [0, 0.1) is 5.82 Å². The number of halogens is 2. The first-order valence-corrected chi connectivity index (χ1v) is 8.90. The minimum absolute atomic E-state index is 0.0722. The van der Waals surface area contributed by atoms with Crippen LogP contribution >= 0.6 is 11.6 Å². The van der Waals surface area contributed by atoms with Crippen LogP contribution in [-0.4, -0.2) is 17.9 Å². The van der Waals surface area contributed by atoms with Crippen molar-refractivity contribution in [3.05, 3.63) is 94.7 Å². The minimum atomic E-state index is -0.981. The molecule has 1 aromatic heterocycles. The molecule has 0 radical (unpaired) electrons. The van der Waals surface area contributed by atoms with Gasteiger partial charge in [0.15, 0.2) is 5.76 Å². The summed E-state index contributed by atoms with van der Waals surface area (Å²) in [4.78, 5) is 24.9. The highest BCUT2D eigenvalue weighted by molar-refractivity contribution is 6.31. The Bertz CT molecular complexity index is 924. The molecule has 5 nitrogen and oxygen atoms in total. The van der Waals surface area contributed by atoms with E-state index in [4.69, 9.17) is 20.8 Å². The number of hydrogen-bond donors (Lipinski definition) is 1. The monoisotopic (exact) mass is 401 g/mol. The van der Waals surface area contributed by atoms with Crippen LogP contribution in [0.1, 0.15) is 21.7 Å². The molecular formula is C21H17ClFNO4. The Labute approximate surface area is 166 Å². The molecule has 0 spiro atoms. The maximum Gasteiger partial charge on any atom is 0.329 e. The first-order valence-electron chi connectivity index (χ1n) is 8.52. The fourth-order valence-electron chi connectivity index (χ4n) is 2.59. The van der Waals surface area contributed by atoms with Gasteiger partial charge >= 0.3 is 5.97 Å². The van der Waals surface area contributed by atoms with Crippen molar-refractivity contribution in [3.63, 3.8) is 0 Å². The van der Waals surface area contributed by atoms with Crippen LogP contribution in [0.5, 0.6) is 0 Å². The lowest BCUT2D eigenvalue weighted by atomic mass is 10.1. The average molecular weight is 402 g/mol. The van der Waals surface area contributed by atoms with E-state index in [1.807, 2.05) is 30.3 Å². The lowest BCUT2D eigenvalue weighted by molar-refractivity contribution is -0.147. The number of ether oxygens (including phenoxy) is 1. The topological polar surface area (TPSA) is 68.5 Å². The molecule has 0 aliphatic carbocycles. The fourth-order valence-corrected chi connectivity index (χ4v) is 2.81. The maximum atomic E-state index is 13.9. The summed E-state index contributed by atoms with van der Waals surface area (Å²) in [6, 6.07) is 15.4. The summed E-state index contributed by atoms with van der Waals surface area (Å²) in [7, 11) is 0. The highest BCUT2D eigenvalue weighted by Gasteiger charge is 2.25. The first kappa shape index (κ1) is 19.6. The molecule has 3 rings (SSSR count). The standard InChI is InChI=1S/C21H17ClFNO4/c22-16-8-4-9-17(23)15(16)13-28-21(26)18(12-14-6-2-1-3-7-14)24-20(25)19-10-5-11-27-19/h1-11,18H,12-13H2,(H,24,25)/t18-/m0/s1. The Hall–Kier alpha value is -3.12. The lowest BCUT2D eigenvalue weighted by Crippen LogP contribution is -2.43. The predicted octanol–water partition coefficient (Wildman–Crippen LogP) is 4.16. The van der Waals surface area contributed by atoms with Crippen molar-refractivity contribution in [2.24, 2.45) is 0 Å².